The van der Waals surface area contributed by atoms with Crippen molar-refractivity contribution in [2.75, 3.05) is 6.54 Å². The fraction of sp³-hybridized carbons (Fsp3) is 0.222. The number of furan rings is 1. The Bertz CT molecular complexity index is 1150. The quantitative estimate of drug-likeness (QED) is 0.665. The second-order valence-corrected chi connectivity index (χ2v) is 8.59. The van der Waals surface area contributed by atoms with E-state index in [9.17, 15) is 21.6 Å². The highest BCUT2D eigenvalue weighted by Crippen LogP contribution is 2.37. The third-order valence-electron chi connectivity index (χ3n) is 4.55. The molecule has 4 nitrogen and oxygen atoms in total. The number of sulfone groups is 1. The highest BCUT2D eigenvalue weighted by Gasteiger charge is 2.35. The highest BCUT2D eigenvalue weighted by atomic mass is 35.5. The van der Waals surface area contributed by atoms with Crippen LogP contribution in [0.15, 0.2) is 50.6 Å². The van der Waals surface area contributed by atoms with Gasteiger partial charge in [0.2, 0.25) is 9.84 Å². The van der Waals surface area contributed by atoms with E-state index in [1.54, 1.807) is 6.07 Å². The molecule has 0 saturated heterocycles. The van der Waals surface area contributed by atoms with Gasteiger partial charge in [-0.1, -0.05) is 11.6 Å². The van der Waals surface area contributed by atoms with Gasteiger partial charge in [0, 0.05) is 17.0 Å². The molecule has 0 spiro atoms. The zero-order valence-electron chi connectivity index (χ0n) is 13.7. The minimum absolute atomic E-state index is 0.135. The third kappa shape index (κ3) is 3.11. The van der Waals surface area contributed by atoms with E-state index < -0.39 is 31.5 Å². The molecule has 9 heteroatoms. The van der Waals surface area contributed by atoms with Crippen LogP contribution in [0.3, 0.4) is 0 Å². The van der Waals surface area contributed by atoms with Crippen LogP contribution in [0, 0.1) is 0 Å². The molecule has 1 N–H and O–H groups in total. The van der Waals surface area contributed by atoms with Gasteiger partial charge in [-0.15, -0.1) is 0 Å². The van der Waals surface area contributed by atoms with E-state index in [1.165, 1.54) is 12.1 Å². The van der Waals surface area contributed by atoms with Crippen LogP contribution >= 0.6 is 11.6 Å². The Morgan fingerprint density at radius 2 is 1.78 bits per heavy atom. The third-order valence-corrected chi connectivity index (χ3v) is 6.63. The molecule has 27 heavy (non-hydrogen) atoms. The van der Waals surface area contributed by atoms with Crippen molar-refractivity contribution in [3.63, 3.8) is 0 Å². The molecule has 4 rings (SSSR count). The summed E-state index contributed by atoms with van der Waals surface area (Å²) in [6.45, 7) is 1.35. The van der Waals surface area contributed by atoms with Crippen LogP contribution < -0.4 is 5.32 Å². The van der Waals surface area contributed by atoms with Gasteiger partial charge in [-0.2, -0.15) is 13.2 Å². The van der Waals surface area contributed by atoms with Crippen molar-refractivity contribution in [2.24, 2.45) is 0 Å². The van der Waals surface area contributed by atoms with E-state index in [2.05, 4.69) is 5.32 Å². The lowest BCUT2D eigenvalue weighted by molar-refractivity contribution is -0.137. The first-order chi connectivity index (χ1) is 12.7. The molecule has 142 valence electrons. The molecule has 0 amide bonds. The van der Waals surface area contributed by atoms with E-state index in [0.717, 1.165) is 41.8 Å². The smallest absolute Gasteiger partial charge is 0.417 e. The average molecular weight is 416 g/mol. The molecule has 0 aliphatic carbocycles. The lowest BCUT2D eigenvalue weighted by atomic mass is 10.1. The largest absolute Gasteiger partial charge is 0.459 e. The highest BCUT2D eigenvalue weighted by molar-refractivity contribution is 7.91. The van der Waals surface area contributed by atoms with Crippen LogP contribution in [0.5, 0.6) is 0 Å². The van der Waals surface area contributed by atoms with Crippen molar-refractivity contribution >= 4 is 32.4 Å². The molecule has 0 radical (unpaired) electrons. The second-order valence-electron chi connectivity index (χ2n) is 6.23. The summed E-state index contributed by atoms with van der Waals surface area (Å²) in [5.41, 5.74) is 0.235. The number of alkyl halides is 3. The second kappa shape index (κ2) is 6.25. The van der Waals surface area contributed by atoms with Gasteiger partial charge in [0.1, 0.15) is 11.3 Å². The normalized spacial score (nSPS) is 15.1. The van der Waals surface area contributed by atoms with Gasteiger partial charge < -0.3 is 9.73 Å². The lowest BCUT2D eigenvalue weighted by Gasteiger charge is -2.11. The molecule has 0 fully saturated rings. The number of rotatable bonds is 2. The Morgan fingerprint density at radius 1 is 1.07 bits per heavy atom. The minimum atomic E-state index is -4.75. The van der Waals surface area contributed by atoms with Crippen molar-refractivity contribution in [3.8, 4) is 0 Å². The maximum Gasteiger partial charge on any atom is 0.417 e. The van der Waals surface area contributed by atoms with E-state index in [1.807, 2.05) is 0 Å². The number of benzene rings is 2. The number of nitrogens with one attached hydrogen (secondary N) is 1. The summed E-state index contributed by atoms with van der Waals surface area (Å²) >= 11 is 5.58. The number of hydrogen-bond donors (Lipinski definition) is 1. The first-order valence-corrected chi connectivity index (χ1v) is 9.91. The molecular weight excluding hydrogens is 403 g/mol. The van der Waals surface area contributed by atoms with Gasteiger partial charge in [0.25, 0.3) is 0 Å². The van der Waals surface area contributed by atoms with Crippen LogP contribution in [0.25, 0.3) is 11.0 Å². The standard InChI is InChI=1S/C18H13ClF3NO3S/c19-15-4-2-10(7-14(15)18(20,21)22)27(24,25)11-1-3-12-13-5-6-23-9-17(13)26-16(12)8-11/h1-4,7-8,23H,5-6,9H2. The summed E-state index contributed by atoms with van der Waals surface area (Å²) in [6.07, 6.45) is -3.99. The zero-order valence-corrected chi connectivity index (χ0v) is 15.3. The van der Waals surface area contributed by atoms with E-state index in [4.69, 9.17) is 16.0 Å². The topological polar surface area (TPSA) is 59.3 Å². The van der Waals surface area contributed by atoms with Crippen LogP contribution in [-0.2, 0) is 29.0 Å². The van der Waals surface area contributed by atoms with E-state index >= 15 is 0 Å². The van der Waals surface area contributed by atoms with Crippen LogP contribution in [-0.4, -0.2) is 15.0 Å². The van der Waals surface area contributed by atoms with Gasteiger partial charge in [0.05, 0.1) is 26.9 Å². The molecule has 1 aliphatic heterocycles. The van der Waals surface area contributed by atoms with Crippen LogP contribution in [0.1, 0.15) is 16.9 Å². The molecule has 2 aromatic carbocycles. The Morgan fingerprint density at radius 3 is 2.52 bits per heavy atom. The van der Waals surface area contributed by atoms with Gasteiger partial charge in [-0.3, -0.25) is 0 Å². The summed E-state index contributed by atoms with van der Waals surface area (Å²) in [4.78, 5) is -0.610. The van der Waals surface area contributed by atoms with Gasteiger partial charge in [0.15, 0.2) is 0 Å². The van der Waals surface area contributed by atoms with Crippen LogP contribution in [0.2, 0.25) is 5.02 Å². The van der Waals surface area contributed by atoms with Gasteiger partial charge in [-0.05, 0) is 43.3 Å². The van der Waals surface area contributed by atoms with Gasteiger partial charge >= 0.3 is 6.18 Å². The lowest BCUT2D eigenvalue weighted by Crippen LogP contribution is -2.22. The first kappa shape index (κ1) is 18.3. The first-order valence-electron chi connectivity index (χ1n) is 8.05. The summed E-state index contributed by atoms with van der Waals surface area (Å²) in [5, 5.41) is 3.43. The maximum absolute atomic E-state index is 13.1. The minimum Gasteiger partial charge on any atom is -0.459 e. The zero-order chi connectivity index (χ0) is 19.4. The molecule has 2 heterocycles. The van der Waals surface area contributed by atoms with E-state index in [-0.39, 0.29) is 4.90 Å². The summed E-state index contributed by atoms with van der Waals surface area (Å²) in [5.74, 6) is 0.747. The van der Waals surface area contributed by atoms with Crippen LogP contribution in [0.4, 0.5) is 13.2 Å². The monoisotopic (exact) mass is 415 g/mol. The Kier molecular flexibility index (Phi) is 4.25. The van der Waals surface area contributed by atoms with Crippen molar-refractivity contribution in [3.05, 3.63) is 58.3 Å². The molecule has 3 aromatic rings. The fourth-order valence-corrected chi connectivity index (χ4v) is 4.73. The molecule has 1 aromatic heterocycles. The molecule has 0 bridgehead atoms. The molecule has 0 saturated carbocycles. The Labute approximate surface area is 157 Å². The SMILES string of the molecule is O=S(=O)(c1ccc(Cl)c(C(F)(F)F)c1)c1ccc2c3c(oc2c1)CNCC3. The summed E-state index contributed by atoms with van der Waals surface area (Å²) in [6, 6.07) is 6.93. The predicted octanol–water partition coefficient (Wildman–Crippen LogP) is 4.58. The number of halogens is 4. The summed E-state index contributed by atoms with van der Waals surface area (Å²) in [7, 11) is -4.17. The number of fused-ring (bicyclic) bond motifs is 3. The van der Waals surface area contributed by atoms with Crippen molar-refractivity contribution < 1.29 is 26.0 Å². The Balaban J connectivity index is 1.83. The predicted molar refractivity (Wildman–Crippen MR) is 93.5 cm³/mol. The van der Waals surface area contributed by atoms with E-state index in [0.29, 0.717) is 18.2 Å². The van der Waals surface area contributed by atoms with Crippen molar-refractivity contribution in [2.45, 2.75) is 28.9 Å². The van der Waals surface area contributed by atoms with Gasteiger partial charge in [-0.25, -0.2) is 8.42 Å². The summed E-state index contributed by atoms with van der Waals surface area (Å²) < 4.78 is 70.6. The van der Waals surface area contributed by atoms with Crippen molar-refractivity contribution in [1.29, 1.82) is 0 Å². The average Bonchev–Trinajstić information content (AvgIpc) is 2.98. The Hall–Kier alpha value is -2.03. The number of hydrogen-bond acceptors (Lipinski definition) is 4. The maximum atomic E-state index is 13.1. The van der Waals surface area contributed by atoms with Crippen molar-refractivity contribution in [1.82, 2.24) is 5.32 Å². The molecule has 1 aliphatic rings. The molecule has 0 atom stereocenters. The molecular formula is C18H13ClF3NO3S. The molecule has 0 unspecified atom stereocenters. The fourth-order valence-electron chi connectivity index (χ4n) is 3.21.